The van der Waals surface area contributed by atoms with Crippen molar-refractivity contribution in [3.05, 3.63) is 0 Å². The second-order valence-electron chi connectivity index (χ2n) is 6.73. The second kappa shape index (κ2) is 6.19. The lowest BCUT2D eigenvalue weighted by atomic mass is 9.78. The van der Waals surface area contributed by atoms with Gasteiger partial charge in [0.1, 0.15) is 0 Å². The first-order valence-electron chi connectivity index (χ1n) is 7.62. The van der Waals surface area contributed by atoms with Gasteiger partial charge in [0.25, 0.3) is 0 Å². The molecule has 0 aromatic heterocycles. The SMILES string of the molecule is CC(C)(CNCCC1CCCN1)C1CCCC1. The van der Waals surface area contributed by atoms with Crippen LogP contribution in [0.3, 0.4) is 0 Å². The molecule has 2 heteroatoms. The highest BCUT2D eigenvalue weighted by Gasteiger charge is 2.31. The number of rotatable bonds is 6. The molecular weight excluding hydrogens is 208 g/mol. The van der Waals surface area contributed by atoms with Gasteiger partial charge in [-0.3, -0.25) is 0 Å². The van der Waals surface area contributed by atoms with Crippen molar-refractivity contribution < 1.29 is 0 Å². The van der Waals surface area contributed by atoms with Crippen molar-refractivity contribution in [3.8, 4) is 0 Å². The molecule has 2 N–H and O–H groups in total. The largest absolute Gasteiger partial charge is 0.316 e. The monoisotopic (exact) mass is 238 g/mol. The summed E-state index contributed by atoms with van der Waals surface area (Å²) in [7, 11) is 0. The van der Waals surface area contributed by atoms with Gasteiger partial charge in [-0.05, 0) is 56.5 Å². The van der Waals surface area contributed by atoms with Crippen molar-refractivity contribution in [1.82, 2.24) is 10.6 Å². The first kappa shape index (κ1) is 13.4. The van der Waals surface area contributed by atoms with Gasteiger partial charge in [0.2, 0.25) is 0 Å². The Kier molecular flexibility index (Phi) is 4.87. The Morgan fingerprint density at radius 1 is 1.12 bits per heavy atom. The molecule has 100 valence electrons. The Balaban J connectivity index is 1.59. The third-order valence-electron chi connectivity index (χ3n) is 4.87. The summed E-state index contributed by atoms with van der Waals surface area (Å²) in [5.74, 6) is 0.958. The maximum absolute atomic E-state index is 3.69. The van der Waals surface area contributed by atoms with E-state index >= 15 is 0 Å². The van der Waals surface area contributed by atoms with Gasteiger partial charge in [-0.15, -0.1) is 0 Å². The first-order valence-corrected chi connectivity index (χ1v) is 7.62. The molecule has 17 heavy (non-hydrogen) atoms. The van der Waals surface area contributed by atoms with Crippen molar-refractivity contribution in [1.29, 1.82) is 0 Å². The zero-order chi connectivity index (χ0) is 12.1. The van der Waals surface area contributed by atoms with Crippen LogP contribution >= 0.6 is 0 Å². The van der Waals surface area contributed by atoms with E-state index in [4.69, 9.17) is 0 Å². The lowest BCUT2D eigenvalue weighted by Gasteiger charge is -2.32. The smallest absolute Gasteiger partial charge is 0.00796 e. The summed E-state index contributed by atoms with van der Waals surface area (Å²) in [5.41, 5.74) is 0.500. The molecule has 1 unspecified atom stereocenters. The summed E-state index contributed by atoms with van der Waals surface area (Å²) in [5, 5.41) is 7.26. The molecule has 1 heterocycles. The fourth-order valence-electron chi connectivity index (χ4n) is 3.54. The summed E-state index contributed by atoms with van der Waals surface area (Å²) in [6.07, 6.45) is 9.89. The molecule has 1 saturated heterocycles. The van der Waals surface area contributed by atoms with Crippen LogP contribution in [0.4, 0.5) is 0 Å². The van der Waals surface area contributed by atoms with Gasteiger partial charge in [-0.2, -0.15) is 0 Å². The molecule has 0 spiro atoms. The minimum atomic E-state index is 0.500. The van der Waals surface area contributed by atoms with Crippen molar-refractivity contribution in [3.63, 3.8) is 0 Å². The summed E-state index contributed by atoms with van der Waals surface area (Å²) in [6.45, 7) is 8.52. The molecule has 1 saturated carbocycles. The van der Waals surface area contributed by atoms with Crippen LogP contribution in [0.1, 0.15) is 58.8 Å². The van der Waals surface area contributed by atoms with E-state index < -0.39 is 0 Å². The highest BCUT2D eigenvalue weighted by molar-refractivity contribution is 4.84. The average molecular weight is 238 g/mol. The predicted octanol–water partition coefficient (Wildman–Crippen LogP) is 2.93. The molecule has 2 nitrogen and oxygen atoms in total. The van der Waals surface area contributed by atoms with Crippen LogP contribution in [0.2, 0.25) is 0 Å². The highest BCUT2D eigenvalue weighted by atomic mass is 15.0. The maximum Gasteiger partial charge on any atom is 0.00796 e. The van der Waals surface area contributed by atoms with Crippen LogP contribution in [-0.2, 0) is 0 Å². The topological polar surface area (TPSA) is 24.1 Å². The Bertz CT molecular complexity index is 213. The third kappa shape index (κ3) is 3.96. The molecule has 0 radical (unpaired) electrons. The zero-order valence-corrected chi connectivity index (χ0v) is 11.7. The van der Waals surface area contributed by atoms with Gasteiger partial charge in [0.05, 0.1) is 0 Å². The molecule has 2 rings (SSSR count). The van der Waals surface area contributed by atoms with E-state index in [1.807, 2.05) is 0 Å². The van der Waals surface area contributed by atoms with Crippen LogP contribution < -0.4 is 10.6 Å². The van der Waals surface area contributed by atoms with Crippen LogP contribution in [0, 0.1) is 11.3 Å². The fraction of sp³-hybridized carbons (Fsp3) is 1.00. The van der Waals surface area contributed by atoms with Crippen LogP contribution in [0.15, 0.2) is 0 Å². The standard InChI is InChI=1S/C15H30N2/c1-15(2,13-6-3-4-7-13)12-16-11-9-14-8-5-10-17-14/h13-14,16-17H,3-12H2,1-2H3. The molecular formula is C15H30N2. The van der Waals surface area contributed by atoms with Gasteiger partial charge >= 0.3 is 0 Å². The minimum Gasteiger partial charge on any atom is -0.316 e. The Labute approximate surface area is 107 Å². The maximum atomic E-state index is 3.69. The zero-order valence-electron chi connectivity index (χ0n) is 11.7. The lowest BCUT2D eigenvalue weighted by molar-refractivity contribution is 0.207. The number of hydrogen-bond donors (Lipinski definition) is 2. The van der Waals surface area contributed by atoms with Crippen LogP contribution in [0.5, 0.6) is 0 Å². The van der Waals surface area contributed by atoms with Crippen LogP contribution in [0.25, 0.3) is 0 Å². The van der Waals surface area contributed by atoms with E-state index in [1.54, 1.807) is 0 Å². The number of hydrogen-bond acceptors (Lipinski definition) is 2. The predicted molar refractivity (Wildman–Crippen MR) is 74.3 cm³/mol. The Hall–Kier alpha value is -0.0800. The molecule has 1 aliphatic carbocycles. The fourth-order valence-corrected chi connectivity index (χ4v) is 3.54. The molecule has 0 bridgehead atoms. The molecule has 2 fully saturated rings. The third-order valence-corrected chi connectivity index (χ3v) is 4.87. The highest BCUT2D eigenvalue weighted by Crippen LogP contribution is 2.38. The van der Waals surface area contributed by atoms with Gasteiger partial charge in [-0.25, -0.2) is 0 Å². The molecule has 1 aliphatic heterocycles. The molecule has 0 aromatic rings. The molecule has 0 aromatic carbocycles. The minimum absolute atomic E-state index is 0.500. The normalized spacial score (nSPS) is 26.8. The quantitative estimate of drug-likeness (QED) is 0.695. The Morgan fingerprint density at radius 3 is 2.53 bits per heavy atom. The van der Waals surface area contributed by atoms with E-state index in [9.17, 15) is 0 Å². The van der Waals surface area contributed by atoms with Crippen LogP contribution in [-0.4, -0.2) is 25.7 Å². The summed E-state index contributed by atoms with van der Waals surface area (Å²) >= 11 is 0. The average Bonchev–Trinajstić information content (AvgIpc) is 2.97. The van der Waals surface area contributed by atoms with E-state index in [0.717, 1.165) is 12.0 Å². The van der Waals surface area contributed by atoms with E-state index in [2.05, 4.69) is 24.5 Å². The summed E-state index contributed by atoms with van der Waals surface area (Å²) < 4.78 is 0. The Morgan fingerprint density at radius 2 is 1.88 bits per heavy atom. The molecule has 0 amide bonds. The second-order valence-corrected chi connectivity index (χ2v) is 6.73. The summed E-state index contributed by atoms with van der Waals surface area (Å²) in [4.78, 5) is 0. The van der Waals surface area contributed by atoms with Gasteiger partial charge in [0.15, 0.2) is 0 Å². The van der Waals surface area contributed by atoms with Crippen molar-refractivity contribution in [2.75, 3.05) is 19.6 Å². The van der Waals surface area contributed by atoms with E-state index in [0.29, 0.717) is 5.41 Å². The first-order chi connectivity index (χ1) is 8.18. The van der Waals surface area contributed by atoms with E-state index in [1.165, 1.54) is 64.6 Å². The molecule has 2 aliphatic rings. The van der Waals surface area contributed by atoms with Crippen molar-refractivity contribution in [2.45, 2.75) is 64.8 Å². The van der Waals surface area contributed by atoms with Gasteiger partial charge in [0, 0.05) is 12.6 Å². The van der Waals surface area contributed by atoms with Gasteiger partial charge in [-0.1, -0.05) is 26.7 Å². The van der Waals surface area contributed by atoms with E-state index in [-0.39, 0.29) is 0 Å². The number of nitrogens with one attached hydrogen (secondary N) is 2. The lowest BCUT2D eigenvalue weighted by Crippen LogP contribution is -2.36. The van der Waals surface area contributed by atoms with Crippen molar-refractivity contribution >= 4 is 0 Å². The summed E-state index contributed by atoms with van der Waals surface area (Å²) in [6, 6.07) is 0.789. The molecule has 1 atom stereocenters. The van der Waals surface area contributed by atoms with Gasteiger partial charge < -0.3 is 10.6 Å². The van der Waals surface area contributed by atoms with Crippen molar-refractivity contribution in [2.24, 2.45) is 11.3 Å².